The Morgan fingerprint density at radius 1 is 1.31 bits per heavy atom. The van der Waals surface area contributed by atoms with E-state index < -0.39 is 0 Å². The lowest BCUT2D eigenvalue weighted by atomic mass is 9.78. The molecule has 1 saturated carbocycles. The average molecular weight is 226 g/mol. The van der Waals surface area contributed by atoms with Gasteiger partial charge in [0.15, 0.2) is 0 Å². The molecule has 0 aromatic carbocycles. The van der Waals surface area contributed by atoms with E-state index in [4.69, 9.17) is 0 Å². The zero-order chi connectivity index (χ0) is 12.1. The maximum absolute atomic E-state index is 3.52. The van der Waals surface area contributed by atoms with Gasteiger partial charge in [0.25, 0.3) is 0 Å². The van der Waals surface area contributed by atoms with Crippen LogP contribution in [0.4, 0.5) is 0 Å². The monoisotopic (exact) mass is 226 g/mol. The zero-order valence-corrected chi connectivity index (χ0v) is 11.8. The van der Waals surface area contributed by atoms with Crippen molar-refractivity contribution < 1.29 is 0 Å². The highest BCUT2D eigenvalue weighted by molar-refractivity contribution is 4.85. The Balaban J connectivity index is 2.53. The largest absolute Gasteiger partial charge is 0.317 e. The Hall–Kier alpha value is -0.0800. The summed E-state index contributed by atoms with van der Waals surface area (Å²) in [6.45, 7) is 11.8. The lowest BCUT2D eigenvalue weighted by Gasteiger charge is -2.39. The van der Waals surface area contributed by atoms with Gasteiger partial charge in [-0.3, -0.25) is 0 Å². The molecule has 0 heterocycles. The maximum Gasteiger partial charge on any atom is 0.0105 e. The summed E-state index contributed by atoms with van der Waals surface area (Å²) in [6, 6.07) is 1.42. The van der Waals surface area contributed by atoms with E-state index in [1.807, 2.05) is 0 Å². The Labute approximate surface area is 102 Å². The smallest absolute Gasteiger partial charge is 0.0105 e. The van der Waals surface area contributed by atoms with E-state index in [0.717, 1.165) is 17.9 Å². The molecule has 16 heavy (non-hydrogen) atoms. The topological polar surface area (TPSA) is 15.3 Å². The summed E-state index contributed by atoms with van der Waals surface area (Å²) in [4.78, 5) is 2.60. The van der Waals surface area contributed by atoms with Crippen LogP contribution < -0.4 is 5.32 Å². The van der Waals surface area contributed by atoms with Crippen LogP contribution in [0, 0.1) is 11.8 Å². The van der Waals surface area contributed by atoms with Crippen LogP contribution in [0.15, 0.2) is 0 Å². The molecule has 0 saturated heterocycles. The highest BCUT2D eigenvalue weighted by atomic mass is 15.1. The fraction of sp³-hybridized carbons (Fsp3) is 1.00. The van der Waals surface area contributed by atoms with Crippen LogP contribution in [-0.2, 0) is 0 Å². The molecule has 0 spiro atoms. The molecule has 0 amide bonds. The van der Waals surface area contributed by atoms with Gasteiger partial charge in [-0.15, -0.1) is 0 Å². The first-order valence-electron chi connectivity index (χ1n) is 6.99. The molecule has 0 radical (unpaired) electrons. The first-order chi connectivity index (χ1) is 7.58. The van der Waals surface area contributed by atoms with Gasteiger partial charge in [0.05, 0.1) is 0 Å². The van der Waals surface area contributed by atoms with Gasteiger partial charge in [-0.2, -0.15) is 0 Å². The second kappa shape index (κ2) is 6.61. The van der Waals surface area contributed by atoms with Crippen LogP contribution in [0.3, 0.4) is 0 Å². The third kappa shape index (κ3) is 3.74. The summed E-state index contributed by atoms with van der Waals surface area (Å²) < 4.78 is 0. The van der Waals surface area contributed by atoms with E-state index >= 15 is 0 Å². The van der Waals surface area contributed by atoms with Gasteiger partial charge in [0.1, 0.15) is 0 Å². The number of nitrogens with one attached hydrogen (secondary N) is 1. The summed E-state index contributed by atoms with van der Waals surface area (Å²) in [5.74, 6) is 1.76. The molecule has 1 aliphatic rings. The second-order valence-corrected chi connectivity index (χ2v) is 5.75. The normalized spacial score (nSPS) is 31.3. The number of hydrogen-bond donors (Lipinski definition) is 1. The number of nitrogens with zero attached hydrogens (tertiary/aromatic N) is 1. The minimum Gasteiger partial charge on any atom is -0.317 e. The van der Waals surface area contributed by atoms with Gasteiger partial charge < -0.3 is 10.2 Å². The summed E-state index contributed by atoms with van der Waals surface area (Å²) in [7, 11) is 2.12. The highest BCUT2D eigenvalue weighted by Crippen LogP contribution is 2.29. The van der Waals surface area contributed by atoms with Crippen LogP contribution >= 0.6 is 0 Å². The van der Waals surface area contributed by atoms with Gasteiger partial charge in [-0.05, 0) is 58.5 Å². The fourth-order valence-corrected chi connectivity index (χ4v) is 3.09. The van der Waals surface area contributed by atoms with Crippen LogP contribution in [0.2, 0.25) is 0 Å². The van der Waals surface area contributed by atoms with Crippen molar-refractivity contribution in [3.63, 3.8) is 0 Å². The second-order valence-electron chi connectivity index (χ2n) is 5.75. The lowest BCUT2D eigenvalue weighted by molar-refractivity contribution is 0.131. The molecule has 0 aromatic rings. The van der Waals surface area contributed by atoms with E-state index in [2.05, 4.69) is 45.0 Å². The van der Waals surface area contributed by atoms with Gasteiger partial charge in [-0.1, -0.05) is 13.8 Å². The van der Waals surface area contributed by atoms with E-state index in [0.29, 0.717) is 6.04 Å². The van der Waals surface area contributed by atoms with Crippen LogP contribution in [-0.4, -0.2) is 37.1 Å². The van der Waals surface area contributed by atoms with Crippen molar-refractivity contribution in [2.45, 2.75) is 59.0 Å². The Bertz CT molecular complexity index is 189. The molecule has 1 rings (SSSR count). The summed E-state index contributed by atoms with van der Waals surface area (Å²) in [5, 5.41) is 3.52. The van der Waals surface area contributed by atoms with Gasteiger partial charge >= 0.3 is 0 Å². The number of hydrogen-bond acceptors (Lipinski definition) is 2. The Morgan fingerprint density at radius 3 is 2.50 bits per heavy atom. The first kappa shape index (κ1) is 14.0. The molecule has 0 aromatic heterocycles. The van der Waals surface area contributed by atoms with E-state index in [1.54, 1.807) is 0 Å². The fourth-order valence-electron chi connectivity index (χ4n) is 3.09. The summed E-state index contributed by atoms with van der Waals surface area (Å²) >= 11 is 0. The predicted octanol–water partition coefficient (Wildman–Crippen LogP) is 2.74. The maximum atomic E-state index is 3.52. The van der Waals surface area contributed by atoms with E-state index in [9.17, 15) is 0 Å². The van der Waals surface area contributed by atoms with Crippen molar-refractivity contribution >= 4 is 0 Å². The Morgan fingerprint density at radius 2 is 2.00 bits per heavy atom. The lowest BCUT2D eigenvalue weighted by Crippen LogP contribution is -2.46. The third-order valence-corrected chi connectivity index (χ3v) is 4.22. The Kier molecular flexibility index (Phi) is 5.77. The van der Waals surface area contributed by atoms with Gasteiger partial charge in [-0.25, -0.2) is 0 Å². The minimum atomic E-state index is 0.680. The van der Waals surface area contributed by atoms with E-state index in [1.165, 1.54) is 32.4 Å². The standard InChI is InChI=1S/C14H30N2/c1-6-16(11(2)3)10-13-9-12(4)7-8-14(13)15-5/h11-15H,6-10H2,1-5H3. The molecule has 1 aliphatic carbocycles. The van der Waals surface area contributed by atoms with Crippen LogP contribution in [0.25, 0.3) is 0 Å². The van der Waals surface area contributed by atoms with Crippen molar-refractivity contribution in [2.24, 2.45) is 11.8 Å². The van der Waals surface area contributed by atoms with Crippen molar-refractivity contribution in [3.8, 4) is 0 Å². The molecule has 1 N–H and O–H groups in total. The average Bonchev–Trinajstić information content (AvgIpc) is 2.25. The molecule has 2 nitrogen and oxygen atoms in total. The summed E-state index contributed by atoms with van der Waals surface area (Å²) in [6.07, 6.45) is 4.16. The van der Waals surface area contributed by atoms with Crippen molar-refractivity contribution in [2.75, 3.05) is 20.1 Å². The molecular weight excluding hydrogens is 196 g/mol. The first-order valence-corrected chi connectivity index (χ1v) is 6.99. The molecule has 0 bridgehead atoms. The quantitative estimate of drug-likeness (QED) is 0.775. The molecular formula is C14H30N2. The molecule has 1 fully saturated rings. The van der Waals surface area contributed by atoms with E-state index in [-0.39, 0.29) is 0 Å². The van der Waals surface area contributed by atoms with Crippen LogP contribution in [0.1, 0.15) is 47.0 Å². The van der Waals surface area contributed by atoms with Crippen molar-refractivity contribution in [3.05, 3.63) is 0 Å². The van der Waals surface area contributed by atoms with Crippen LogP contribution in [0.5, 0.6) is 0 Å². The highest BCUT2D eigenvalue weighted by Gasteiger charge is 2.29. The van der Waals surface area contributed by atoms with Crippen molar-refractivity contribution in [1.29, 1.82) is 0 Å². The molecule has 96 valence electrons. The number of rotatable bonds is 5. The minimum absolute atomic E-state index is 0.680. The SMILES string of the molecule is CCN(CC1CC(C)CCC1NC)C(C)C. The third-order valence-electron chi connectivity index (χ3n) is 4.22. The van der Waals surface area contributed by atoms with Gasteiger partial charge in [0, 0.05) is 18.6 Å². The molecule has 0 aliphatic heterocycles. The van der Waals surface area contributed by atoms with Crippen molar-refractivity contribution in [1.82, 2.24) is 10.2 Å². The summed E-state index contributed by atoms with van der Waals surface area (Å²) in [5.41, 5.74) is 0. The van der Waals surface area contributed by atoms with Gasteiger partial charge in [0.2, 0.25) is 0 Å². The molecule has 3 atom stereocenters. The predicted molar refractivity (Wildman–Crippen MR) is 71.7 cm³/mol. The molecule has 2 heteroatoms. The zero-order valence-electron chi connectivity index (χ0n) is 11.8. The molecule has 3 unspecified atom stereocenters.